The molecule has 8 aromatic rings. The summed E-state index contributed by atoms with van der Waals surface area (Å²) in [5.41, 5.74) is 0.910. The van der Waals surface area contributed by atoms with E-state index in [2.05, 4.69) is 104 Å². The lowest BCUT2D eigenvalue weighted by Gasteiger charge is -2.40. The van der Waals surface area contributed by atoms with E-state index in [9.17, 15) is 47.9 Å². The monoisotopic (exact) mass is 1740 g/mol. The van der Waals surface area contributed by atoms with Crippen molar-refractivity contribution in [1.82, 2.24) is 99.8 Å². The van der Waals surface area contributed by atoms with Crippen LogP contribution in [0.5, 0.6) is 0 Å². The number of nitrogens with one attached hydrogen (secondary N) is 9. The van der Waals surface area contributed by atoms with E-state index >= 15 is 0 Å². The molecule has 0 radical (unpaired) electrons. The van der Waals surface area contributed by atoms with E-state index < -0.39 is 57.5 Å². The van der Waals surface area contributed by atoms with Gasteiger partial charge in [0.2, 0.25) is 0 Å². The van der Waals surface area contributed by atoms with E-state index in [1.807, 2.05) is 20.8 Å². The molecular formula is C70H79BrCl6N24O12. The first kappa shape index (κ1) is 85.3. The fourth-order valence-corrected chi connectivity index (χ4v) is 15.7. The third kappa shape index (κ3) is 18.3. The number of nitrogen functional groups attached to an aromatic ring is 1. The van der Waals surface area contributed by atoms with E-state index in [0.29, 0.717) is 131 Å². The number of carbonyl (C=O) groups is 6. The molecular weight excluding hydrogens is 1660 g/mol. The average Bonchev–Trinajstić information content (AvgIpc) is 1.62. The maximum absolute atomic E-state index is 13.3. The summed E-state index contributed by atoms with van der Waals surface area (Å²) in [6.45, 7) is 15.1. The molecule has 4 saturated heterocycles. The number of aromatic nitrogens is 12. The molecule has 8 aliphatic heterocycles. The van der Waals surface area contributed by atoms with Gasteiger partial charge in [-0.05, 0) is 132 Å². The van der Waals surface area contributed by atoms with Crippen LogP contribution in [0, 0.1) is 0 Å². The summed E-state index contributed by atoms with van der Waals surface area (Å²) in [5, 5.41) is 27.9. The van der Waals surface area contributed by atoms with Crippen LogP contribution in [0.3, 0.4) is 0 Å². The smallest absolute Gasteiger partial charge is 0.410 e. The summed E-state index contributed by atoms with van der Waals surface area (Å²) in [7, 11) is 0. The van der Waals surface area contributed by atoms with Gasteiger partial charge in [-0.3, -0.25) is 56.6 Å². The molecule has 0 aliphatic carbocycles. The summed E-state index contributed by atoms with van der Waals surface area (Å²) in [6.07, 6.45) is 15.0. The number of nitrogens with two attached hydrogens (primary N) is 1. The van der Waals surface area contributed by atoms with Crippen molar-refractivity contribution < 1.29 is 38.2 Å². The van der Waals surface area contributed by atoms with Crippen LogP contribution >= 0.6 is 87.1 Å². The Bertz CT molecular complexity index is 5020. The zero-order valence-corrected chi connectivity index (χ0v) is 67.7. The summed E-state index contributed by atoms with van der Waals surface area (Å²) in [6, 6.07) is 12.3. The van der Waals surface area contributed by atoms with Crippen LogP contribution in [0.25, 0.3) is 0 Å². The van der Waals surface area contributed by atoms with Gasteiger partial charge in [0.25, 0.3) is 45.9 Å². The number of halogens is 7. The average molecular weight is 1740 g/mol. The van der Waals surface area contributed by atoms with Crippen molar-refractivity contribution >= 4 is 163 Å². The summed E-state index contributed by atoms with van der Waals surface area (Å²) < 4.78 is 17.0. The lowest BCUT2D eigenvalue weighted by Crippen LogP contribution is -2.56. The number of carbonyl (C=O) groups excluding carboxylic acids is 6. The van der Waals surface area contributed by atoms with Crippen LogP contribution in [-0.2, 0) is 32.1 Å². The van der Waals surface area contributed by atoms with E-state index in [0.717, 1.165) is 0 Å². The number of pyridine rings is 4. The lowest BCUT2D eigenvalue weighted by molar-refractivity contribution is 0.00821. The molecule has 113 heavy (non-hydrogen) atoms. The van der Waals surface area contributed by atoms with Crippen molar-refractivity contribution in [2.75, 3.05) is 74.0 Å². The Morgan fingerprint density at radius 1 is 0.434 bits per heavy atom. The Labute approximate surface area is 685 Å². The van der Waals surface area contributed by atoms with Gasteiger partial charge in [-0.25, -0.2) is 49.5 Å². The van der Waals surface area contributed by atoms with Crippen LogP contribution in [0.4, 0.5) is 49.9 Å². The number of ether oxygens (including phenoxy) is 2. The second-order valence-corrected chi connectivity index (χ2v) is 31.2. The molecule has 4 spiro atoms. The molecule has 16 rings (SSSR count). The van der Waals surface area contributed by atoms with Crippen LogP contribution < -0.4 is 75.8 Å². The molecule has 8 aromatic heterocycles. The molecule has 0 atom stereocenters. The van der Waals surface area contributed by atoms with Crippen LogP contribution in [-0.4, -0.2) is 167 Å². The SMILES string of the molecule is CC(C)(C)OC(=O)N1CCC2(CC1)NC(=O)c1c(Cl)cc(Br)c(=O)n12.CC(C)(C)OC(=O)N1CCC2(CC1)NC(=O)c1c(Cl)cc(Nc3ccncn3)c(=O)n12.Cl.Cl.Nc1ccncn1.O=C1NC2(CCNCC2)n2c1c(Cl)cc(Nc1ccncn1)c2=O.O=C1NC2(CCNCC2)n2c1c(Cl)cc(Nc1ccncn1)c2=O. The molecule has 0 aromatic carbocycles. The van der Waals surface area contributed by atoms with Gasteiger partial charge < -0.3 is 72.9 Å². The Hall–Kier alpha value is -10.1. The van der Waals surface area contributed by atoms with Crippen molar-refractivity contribution in [3.8, 4) is 0 Å². The molecule has 43 heteroatoms. The third-order valence-corrected chi connectivity index (χ3v) is 20.7. The zero-order valence-electron chi connectivity index (χ0n) is 61.5. The Morgan fingerprint density at radius 2 is 0.708 bits per heavy atom. The van der Waals surface area contributed by atoms with E-state index in [-0.39, 0.29) is 119 Å². The predicted octanol–water partition coefficient (Wildman–Crippen LogP) is 7.69. The van der Waals surface area contributed by atoms with Gasteiger partial charge in [-0.15, -0.1) is 24.8 Å². The number of hydrogen-bond donors (Lipinski definition) is 10. The summed E-state index contributed by atoms with van der Waals surface area (Å²) >= 11 is 28.3. The standard InChI is InChI=1S/C20H23ClN6O4.C16H19BrClN3O4.2C15H15ClN6O2.C4H5N3.2ClH/c1-19(2,3)31-18(30)26-8-5-20(6-9-26)25-16(28)15-12(21)10-13(17(29)27(15)20)24-14-4-7-22-11-23-14;1-15(2,3)25-14(24)20-6-4-16(5-7-20)19-12(22)11-10(18)8-9(17)13(23)21(11)16;2*16-9-7-10(20-11-1-4-18-8-19-11)14(24)22-12(9)13(23)21-15(22)2-5-17-6-3-15;5-4-1-2-6-3-7-4;;/h4,7,10-11H,5-6,8-9H2,1-3H3,(H,25,28)(H,22,23,24);8H,4-7H2,1-3H3,(H,19,22);2*1,4,7-8,17H,2-3,5-6H2,(H,21,23)(H,18,19,20);1-3H,(H2,5,6,7);2*1H. The van der Waals surface area contributed by atoms with Crippen molar-refractivity contribution in [3.63, 3.8) is 0 Å². The highest BCUT2D eigenvalue weighted by Gasteiger charge is 2.51. The number of nitrogens with zero attached hydrogens (tertiary/aromatic N) is 14. The topological polar surface area (TPSA) is 453 Å². The van der Waals surface area contributed by atoms with Crippen LogP contribution in [0.2, 0.25) is 20.1 Å². The van der Waals surface area contributed by atoms with Gasteiger partial charge in [0.15, 0.2) is 0 Å². The number of rotatable bonds is 6. The molecule has 16 heterocycles. The number of hydrogen-bond acceptors (Lipinski definition) is 26. The normalized spacial score (nSPS) is 17.2. The first-order valence-corrected chi connectivity index (χ1v) is 37.3. The quantitative estimate of drug-likeness (QED) is 0.0762. The Balaban J connectivity index is 0.000000155. The fourth-order valence-electron chi connectivity index (χ4n) is 14.0. The second kappa shape index (κ2) is 34.7. The van der Waals surface area contributed by atoms with E-state index in [4.69, 9.17) is 61.6 Å². The van der Waals surface area contributed by atoms with Gasteiger partial charge in [-0.1, -0.05) is 46.4 Å². The largest absolute Gasteiger partial charge is 0.444 e. The van der Waals surface area contributed by atoms with Gasteiger partial charge in [0.1, 0.15) is 122 Å². The first-order chi connectivity index (χ1) is 52.7. The molecule has 36 nitrogen and oxygen atoms in total. The van der Waals surface area contributed by atoms with Crippen molar-refractivity contribution in [1.29, 1.82) is 0 Å². The zero-order chi connectivity index (χ0) is 79.5. The molecule has 6 amide bonds. The van der Waals surface area contributed by atoms with E-state index in [1.54, 1.807) is 79.6 Å². The highest BCUT2D eigenvalue weighted by atomic mass is 79.9. The maximum atomic E-state index is 13.3. The number of piperidine rings is 4. The minimum Gasteiger partial charge on any atom is -0.444 e. The molecule has 0 saturated carbocycles. The highest BCUT2D eigenvalue weighted by molar-refractivity contribution is 9.10. The first-order valence-electron chi connectivity index (χ1n) is 35.0. The Kier molecular flexibility index (Phi) is 26.2. The number of amides is 6. The second-order valence-electron chi connectivity index (χ2n) is 28.7. The van der Waals surface area contributed by atoms with Crippen LogP contribution in [0.15, 0.2) is 122 Å². The molecule has 11 N–H and O–H groups in total. The highest BCUT2D eigenvalue weighted by Crippen LogP contribution is 2.40. The molecule has 0 bridgehead atoms. The fraction of sp³-hybridized carbons (Fsp3) is 0.400. The molecule has 600 valence electrons. The van der Waals surface area contributed by atoms with Gasteiger partial charge in [-0.2, -0.15) is 0 Å². The Morgan fingerprint density at radius 3 is 0.965 bits per heavy atom. The third-order valence-electron chi connectivity index (χ3n) is 19.0. The maximum Gasteiger partial charge on any atom is 0.410 e. The van der Waals surface area contributed by atoms with Crippen molar-refractivity contribution in [3.05, 3.63) is 187 Å². The molecule has 4 fully saturated rings. The summed E-state index contributed by atoms with van der Waals surface area (Å²) in [4.78, 5) is 161. The minimum absolute atomic E-state index is 0. The lowest BCUT2D eigenvalue weighted by atomic mass is 9.97. The van der Waals surface area contributed by atoms with Crippen LogP contribution in [0.1, 0.15) is 135 Å². The number of likely N-dealkylation sites (tertiary alicyclic amines) is 2. The van der Waals surface area contributed by atoms with E-state index in [1.165, 1.54) is 67.8 Å². The van der Waals surface area contributed by atoms with Crippen molar-refractivity contribution in [2.24, 2.45) is 0 Å². The number of anilines is 7. The summed E-state index contributed by atoms with van der Waals surface area (Å²) in [5.74, 6) is 0.484. The van der Waals surface area contributed by atoms with Crippen molar-refractivity contribution in [2.45, 2.75) is 127 Å². The van der Waals surface area contributed by atoms with Gasteiger partial charge in [0.05, 0.1) is 24.6 Å². The van der Waals surface area contributed by atoms with Gasteiger partial charge in [0, 0.05) is 102 Å². The molecule has 8 aliphatic rings. The minimum atomic E-state index is -0.963. The predicted molar refractivity (Wildman–Crippen MR) is 427 cm³/mol. The van der Waals surface area contributed by atoms with Gasteiger partial charge >= 0.3 is 12.2 Å². The number of fused-ring (bicyclic) bond motifs is 8. The molecule has 0 unspecified atom stereocenters.